The van der Waals surface area contributed by atoms with E-state index < -0.39 is 0 Å². The third kappa shape index (κ3) is 4.60. The molecule has 2 amide bonds. The van der Waals surface area contributed by atoms with Gasteiger partial charge in [0.15, 0.2) is 0 Å². The maximum atomic E-state index is 11.7. The number of aliphatic hydroxyl groups excluding tert-OH is 1. The molecular weight excluding hydrogens is 242 g/mol. The summed E-state index contributed by atoms with van der Waals surface area (Å²) in [6.07, 6.45) is 0.676. The number of nitrogens with zero attached hydrogens (tertiary/aromatic N) is 1. The molecule has 2 atom stereocenters. The molecule has 1 aromatic rings. The molecule has 5 nitrogen and oxygen atoms in total. The number of hydrogen-bond acceptors (Lipinski definition) is 3. The van der Waals surface area contributed by atoms with Gasteiger partial charge in [0.25, 0.3) is 0 Å². The van der Waals surface area contributed by atoms with Crippen molar-refractivity contribution in [3.8, 4) is 6.07 Å². The molecule has 1 rings (SSSR count). The molecule has 0 aliphatic heterocycles. The van der Waals surface area contributed by atoms with Crippen LogP contribution in [0.3, 0.4) is 0 Å². The number of aliphatic hydroxyl groups is 1. The van der Waals surface area contributed by atoms with Crippen LogP contribution in [0.5, 0.6) is 0 Å². The van der Waals surface area contributed by atoms with Crippen LogP contribution in [0, 0.1) is 11.3 Å². The third-order valence-corrected chi connectivity index (χ3v) is 2.94. The summed E-state index contributed by atoms with van der Waals surface area (Å²) in [4.78, 5) is 11.7. The third-order valence-electron chi connectivity index (χ3n) is 2.94. The standard InChI is InChI=1S/C14H19N3O2/c1-3-13(9-18)17-14(19)16-10(2)12-6-4-11(8-15)5-7-12/h4-7,10,13,18H,3,9H2,1-2H3,(H2,16,17,19)/t10-,13-/m0/s1. The summed E-state index contributed by atoms with van der Waals surface area (Å²) < 4.78 is 0. The van der Waals surface area contributed by atoms with Crippen LogP contribution in [0.15, 0.2) is 24.3 Å². The summed E-state index contributed by atoms with van der Waals surface area (Å²) in [5, 5.41) is 23.2. The van der Waals surface area contributed by atoms with Crippen molar-refractivity contribution in [2.24, 2.45) is 0 Å². The molecule has 5 heteroatoms. The number of nitrogens with one attached hydrogen (secondary N) is 2. The highest BCUT2D eigenvalue weighted by Gasteiger charge is 2.12. The van der Waals surface area contributed by atoms with E-state index in [1.54, 1.807) is 12.1 Å². The molecule has 0 saturated heterocycles. The fraction of sp³-hybridized carbons (Fsp3) is 0.429. The first-order chi connectivity index (χ1) is 9.10. The predicted octanol–water partition coefficient (Wildman–Crippen LogP) is 1.69. The fourth-order valence-electron chi connectivity index (χ4n) is 1.63. The van der Waals surface area contributed by atoms with E-state index in [9.17, 15) is 4.79 Å². The van der Waals surface area contributed by atoms with E-state index >= 15 is 0 Å². The highest BCUT2D eigenvalue weighted by Crippen LogP contribution is 2.12. The smallest absolute Gasteiger partial charge is 0.315 e. The van der Waals surface area contributed by atoms with E-state index in [1.807, 2.05) is 32.0 Å². The largest absolute Gasteiger partial charge is 0.394 e. The number of urea groups is 1. The molecule has 1 aromatic carbocycles. The summed E-state index contributed by atoms with van der Waals surface area (Å²) in [6, 6.07) is 8.41. The van der Waals surface area contributed by atoms with Gasteiger partial charge in [-0.25, -0.2) is 4.79 Å². The van der Waals surface area contributed by atoms with Crippen molar-refractivity contribution in [3.05, 3.63) is 35.4 Å². The summed E-state index contributed by atoms with van der Waals surface area (Å²) in [5.74, 6) is 0. The van der Waals surface area contributed by atoms with Gasteiger partial charge >= 0.3 is 6.03 Å². The Bertz CT molecular complexity index is 447. The van der Waals surface area contributed by atoms with Crippen LogP contribution in [-0.2, 0) is 0 Å². The first-order valence-electron chi connectivity index (χ1n) is 6.28. The van der Waals surface area contributed by atoms with Crippen LogP contribution in [0.25, 0.3) is 0 Å². The molecule has 0 aromatic heterocycles. The van der Waals surface area contributed by atoms with Crippen LogP contribution in [0.4, 0.5) is 4.79 Å². The number of amides is 2. The van der Waals surface area contributed by atoms with Gasteiger partial charge in [-0.05, 0) is 31.0 Å². The second-order valence-corrected chi connectivity index (χ2v) is 4.36. The molecule has 0 radical (unpaired) electrons. The predicted molar refractivity (Wildman–Crippen MR) is 72.4 cm³/mol. The topological polar surface area (TPSA) is 85.2 Å². The van der Waals surface area contributed by atoms with Gasteiger partial charge in [0, 0.05) is 0 Å². The molecule has 102 valence electrons. The quantitative estimate of drug-likeness (QED) is 0.754. The molecule has 0 fully saturated rings. The van der Waals surface area contributed by atoms with E-state index in [4.69, 9.17) is 10.4 Å². The van der Waals surface area contributed by atoms with E-state index in [-0.39, 0.29) is 24.7 Å². The maximum absolute atomic E-state index is 11.7. The van der Waals surface area contributed by atoms with Gasteiger partial charge in [-0.2, -0.15) is 5.26 Å². The lowest BCUT2D eigenvalue weighted by atomic mass is 10.1. The molecule has 0 saturated carbocycles. The average Bonchev–Trinajstić information content (AvgIpc) is 2.44. The Balaban J connectivity index is 2.56. The van der Waals surface area contributed by atoms with Gasteiger partial charge in [-0.15, -0.1) is 0 Å². The minimum absolute atomic E-state index is 0.0742. The fourth-order valence-corrected chi connectivity index (χ4v) is 1.63. The zero-order valence-corrected chi connectivity index (χ0v) is 11.2. The Morgan fingerprint density at radius 1 is 1.37 bits per heavy atom. The van der Waals surface area contributed by atoms with Gasteiger partial charge in [-0.3, -0.25) is 0 Å². The van der Waals surface area contributed by atoms with Crippen molar-refractivity contribution < 1.29 is 9.90 Å². The Hall–Kier alpha value is -2.06. The molecule has 0 bridgehead atoms. The minimum atomic E-state index is -0.308. The number of benzene rings is 1. The summed E-state index contributed by atoms with van der Waals surface area (Å²) in [5.41, 5.74) is 1.51. The van der Waals surface area contributed by atoms with Crippen LogP contribution < -0.4 is 10.6 Å². The number of carbonyl (C=O) groups is 1. The zero-order valence-electron chi connectivity index (χ0n) is 11.2. The van der Waals surface area contributed by atoms with Gasteiger partial charge in [0.1, 0.15) is 0 Å². The van der Waals surface area contributed by atoms with Gasteiger partial charge < -0.3 is 15.7 Å². The number of hydrogen-bond donors (Lipinski definition) is 3. The van der Waals surface area contributed by atoms with Crippen molar-refractivity contribution in [3.63, 3.8) is 0 Å². The van der Waals surface area contributed by atoms with Crippen molar-refractivity contribution in [2.45, 2.75) is 32.4 Å². The van der Waals surface area contributed by atoms with Crippen molar-refractivity contribution in [1.29, 1.82) is 5.26 Å². The monoisotopic (exact) mass is 261 g/mol. The summed E-state index contributed by atoms with van der Waals surface area (Å²) in [7, 11) is 0. The zero-order chi connectivity index (χ0) is 14.3. The van der Waals surface area contributed by atoms with Gasteiger partial charge in [0.05, 0.1) is 30.3 Å². The van der Waals surface area contributed by atoms with Crippen molar-refractivity contribution in [2.75, 3.05) is 6.61 Å². The lowest BCUT2D eigenvalue weighted by Gasteiger charge is -2.18. The Labute approximate surface area is 113 Å². The molecule has 0 aliphatic carbocycles. The van der Waals surface area contributed by atoms with E-state index in [2.05, 4.69) is 10.6 Å². The second kappa shape index (κ2) is 7.39. The van der Waals surface area contributed by atoms with Crippen LogP contribution >= 0.6 is 0 Å². The minimum Gasteiger partial charge on any atom is -0.394 e. The lowest BCUT2D eigenvalue weighted by Crippen LogP contribution is -2.44. The molecule has 3 N–H and O–H groups in total. The summed E-state index contributed by atoms with van der Waals surface area (Å²) in [6.45, 7) is 3.68. The second-order valence-electron chi connectivity index (χ2n) is 4.36. The lowest BCUT2D eigenvalue weighted by molar-refractivity contribution is 0.212. The van der Waals surface area contributed by atoms with Gasteiger partial charge in [-0.1, -0.05) is 19.1 Å². The highest BCUT2D eigenvalue weighted by atomic mass is 16.3. The Kier molecular flexibility index (Phi) is 5.83. The van der Waals surface area contributed by atoms with Crippen LogP contribution in [-0.4, -0.2) is 23.8 Å². The summed E-state index contributed by atoms with van der Waals surface area (Å²) >= 11 is 0. The molecule has 0 heterocycles. The molecular formula is C14H19N3O2. The maximum Gasteiger partial charge on any atom is 0.315 e. The van der Waals surface area contributed by atoms with E-state index in [0.29, 0.717) is 12.0 Å². The van der Waals surface area contributed by atoms with Gasteiger partial charge in [0.2, 0.25) is 0 Å². The van der Waals surface area contributed by atoms with E-state index in [1.165, 1.54) is 0 Å². The first-order valence-corrected chi connectivity index (χ1v) is 6.28. The van der Waals surface area contributed by atoms with Crippen molar-refractivity contribution in [1.82, 2.24) is 10.6 Å². The molecule has 19 heavy (non-hydrogen) atoms. The first kappa shape index (κ1) is 15.0. The Morgan fingerprint density at radius 3 is 2.47 bits per heavy atom. The normalized spacial score (nSPS) is 13.2. The van der Waals surface area contributed by atoms with Crippen LogP contribution in [0.2, 0.25) is 0 Å². The number of rotatable bonds is 5. The Morgan fingerprint density at radius 2 is 2.00 bits per heavy atom. The number of carbonyl (C=O) groups excluding carboxylic acids is 1. The average molecular weight is 261 g/mol. The van der Waals surface area contributed by atoms with E-state index in [0.717, 1.165) is 5.56 Å². The highest BCUT2D eigenvalue weighted by molar-refractivity contribution is 5.74. The number of nitriles is 1. The van der Waals surface area contributed by atoms with Crippen LogP contribution in [0.1, 0.15) is 37.4 Å². The molecule has 0 unspecified atom stereocenters. The molecule has 0 aliphatic rings. The molecule has 0 spiro atoms. The van der Waals surface area contributed by atoms with Crippen molar-refractivity contribution >= 4 is 6.03 Å². The SMILES string of the molecule is CC[C@@H](CO)NC(=O)N[C@@H](C)c1ccc(C#N)cc1.